The first-order chi connectivity index (χ1) is 24.5. The van der Waals surface area contributed by atoms with Gasteiger partial charge in [-0.05, 0) is 131 Å². The number of likely N-dealkylation sites (N-methyl/N-ethyl adjacent to an activating group) is 1. The molecule has 1 atom stereocenters. The highest BCUT2D eigenvalue weighted by Gasteiger charge is 2.33. The summed E-state index contributed by atoms with van der Waals surface area (Å²) >= 11 is 0. The first kappa shape index (κ1) is 37.7. The number of hydrogen-bond acceptors (Lipinski definition) is 5. The first-order valence-electron chi connectivity index (χ1n) is 18.6. The Hall–Kier alpha value is -4.04. The fourth-order valence-corrected chi connectivity index (χ4v) is 8.42. The van der Waals surface area contributed by atoms with Crippen molar-refractivity contribution in [3.8, 4) is 22.4 Å². The molecule has 0 spiro atoms. The summed E-state index contributed by atoms with van der Waals surface area (Å²) in [5, 5.41) is 5.98. The van der Waals surface area contributed by atoms with E-state index in [0.717, 1.165) is 72.5 Å². The molecule has 0 bridgehead atoms. The Morgan fingerprint density at radius 1 is 1.06 bits per heavy atom. The number of rotatable bonds is 8. The maximum atomic E-state index is 16.6. The van der Waals surface area contributed by atoms with Gasteiger partial charge in [0.05, 0.1) is 18.1 Å². The number of aryl methyl sites for hydroxylation is 2. The zero-order valence-electron chi connectivity index (χ0n) is 32.5. The third kappa shape index (κ3) is 8.12. The molecule has 276 valence electrons. The van der Waals surface area contributed by atoms with Crippen molar-refractivity contribution in [1.82, 2.24) is 19.6 Å². The van der Waals surface area contributed by atoms with Crippen LogP contribution in [0.3, 0.4) is 0 Å². The number of ether oxygens (including phenoxy) is 2. The maximum absolute atomic E-state index is 16.6. The standard InChI is InChI=1S/C42H54FN5O3Si/c1-27-19-30(21-31-25-46(7)16-14-32(27)31)40-34-23-33(36(44-6)24-38(34)48(45-40)26-50-17-18-52(8,9)10)39-28(2)20-29(22-35(39)43)37-13-11-12-15-47(37)41(49)51-42(3,4)5/h19-24,37H,11-18,25-26H2,1-5,7-10H3. The molecule has 0 radical (unpaired) electrons. The smallest absolute Gasteiger partial charge is 0.410 e. The Balaban J connectivity index is 1.45. The van der Waals surface area contributed by atoms with Gasteiger partial charge in [-0.25, -0.2) is 18.7 Å². The summed E-state index contributed by atoms with van der Waals surface area (Å²) in [5.74, 6) is -0.412. The largest absolute Gasteiger partial charge is 0.444 e. The molecular formula is C42H54FN5O3Si. The number of carbonyl (C=O) groups is 1. The van der Waals surface area contributed by atoms with Crippen LogP contribution in [0, 0.1) is 26.2 Å². The molecule has 1 amide bonds. The zero-order chi connectivity index (χ0) is 37.5. The fourth-order valence-electron chi connectivity index (χ4n) is 7.66. The third-order valence-corrected chi connectivity index (χ3v) is 12.0. The predicted octanol–water partition coefficient (Wildman–Crippen LogP) is 10.4. The molecule has 6 rings (SSSR count). The van der Waals surface area contributed by atoms with Crippen LogP contribution in [0.25, 0.3) is 38.1 Å². The van der Waals surface area contributed by atoms with E-state index in [1.54, 1.807) is 11.0 Å². The maximum Gasteiger partial charge on any atom is 0.410 e. The number of amides is 1. The molecule has 0 saturated carbocycles. The molecule has 10 heteroatoms. The van der Waals surface area contributed by atoms with Gasteiger partial charge in [-0.2, -0.15) is 5.10 Å². The second-order valence-corrected chi connectivity index (χ2v) is 22.6. The summed E-state index contributed by atoms with van der Waals surface area (Å²) in [6.45, 7) is 28.2. The minimum absolute atomic E-state index is 0.266. The van der Waals surface area contributed by atoms with Crippen LogP contribution in [-0.2, 0) is 29.2 Å². The van der Waals surface area contributed by atoms with Crippen LogP contribution in [0.2, 0.25) is 25.7 Å². The molecule has 8 nitrogen and oxygen atoms in total. The van der Waals surface area contributed by atoms with Crippen LogP contribution >= 0.6 is 0 Å². The molecule has 0 aliphatic carbocycles. The topological polar surface area (TPSA) is 64.2 Å². The summed E-state index contributed by atoms with van der Waals surface area (Å²) in [4.78, 5) is 21.2. The number of piperidine rings is 1. The van der Waals surface area contributed by atoms with Gasteiger partial charge in [0.25, 0.3) is 0 Å². The van der Waals surface area contributed by atoms with E-state index < -0.39 is 19.5 Å². The van der Waals surface area contributed by atoms with Crippen molar-refractivity contribution in [2.24, 2.45) is 0 Å². The van der Waals surface area contributed by atoms with Crippen molar-refractivity contribution in [3.05, 3.63) is 81.4 Å². The molecule has 1 unspecified atom stereocenters. The Kier molecular flexibility index (Phi) is 10.7. The second-order valence-electron chi connectivity index (χ2n) is 17.0. The number of benzene rings is 3. The van der Waals surface area contributed by atoms with E-state index in [1.165, 1.54) is 16.7 Å². The van der Waals surface area contributed by atoms with Gasteiger partial charge >= 0.3 is 6.09 Å². The number of aromatic nitrogens is 2. The summed E-state index contributed by atoms with van der Waals surface area (Å²) in [6.07, 6.45) is 3.19. The number of nitrogens with zero attached hydrogens (tertiary/aromatic N) is 5. The van der Waals surface area contributed by atoms with Gasteiger partial charge in [0.2, 0.25) is 0 Å². The molecule has 52 heavy (non-hydrogen) atoms. The van der Waals surface area contributed by atoms with Gasteiger partial charge in [-0.15, -0.1) is 0 Å². The average Bonchev–Trinajstić information content (AvgIpc) is 3.41. The summed E-state index contributed by atoms with van der Waals surface area (Å²) in [5.41, 5.74) is 8.65. The Morgan fingerprint density at radius 2 is 1.83 bits per heavy atom. The molecule has 1 saturated heterocycles. The van der Waals surface area contributed by atoms with E-state index in [9.17, 15) is 4.79 Å². The van der Waals surface area contributed by atoms with Crippen molar-refractivity contribution < 1.29 is 18.7 Å². The number of fused-ring (bicyclic) bond motifs is 2. The van der Waals surface area contributed by atoms with Crippen LogP contribution in [0.1, 0.15) is 73.9 Å². The second kappa shape index (κ2) is 14.8. The normalized spacial score (nSPS) is 16.9. The van der Waals surface area contributed by atoms with E-state index >= 15 is 4.39 Å². The molecule has 3 heterocycles. The van der Waals surface area contributed by atoms with Gasteiger partial charge in [0, 0.05) is 50.8 Å². The average molecular weight is 724 g/mol. The van der Waals surface area contributed by atoms with Crippen LogP contribution in [-0.4, -0.2) is 66.1 Å². The van der Waals surface area contributed by atoms with E-state index in [1.807, 2.05) is 50.6 Å². The Morgan fingerprint density at radius 3 is 2.52 bits per heavy atom. The van der Waals surface area contributed by atoms with Crippen molar-refractivity contribution in [2.75, 3.05) is 26.7 Å². The summed E-state index contributed by atoms with van der Waals surface area (Å²) in [7, 11) is 0.862. The number of hydrogen-bond donors (Lipinski definition) is 0. The van der Waals surface area contributed by atoms with Crippen LogP contribution in [0.4, 0.5) is 14.9 Å². The number of likely N-dealkylation sites (tertiary alicyclic amines) is 1. The molecule has 1 fully saturated rings. The van der Waals surface area contributed by atoms with Crippen molar-refractivity contribution >= 4 is 30.8 Å². The zero-order valence-corrected chi connectivity index (χ0v) is 33.5. The monoisotopic (exact) mass is 723 g/mol. The van der Waals surface area contributed by atoms with Crippen molar-refractivity contribution in [3.63, 3.8) is 0 Å². The molecular weight excluding hydrogens is 670 g/mol. The highest BCUT2D eigenvalue weighted by molar-refractivity contribution is 6.76. The molecule has 2 aliphatic rings. The summed E-state index contributed by atoms with van der Waals surface area (Å²) in [6, 6.07) is 12.5. The van der Waals surface area contributed by atoms with Crippen molar-refractivity contribution in [2.45, 2.75) is 111 Å². The molecule has 4 aromatic rings. The quantitative estimate of drug-likeness (QED) is 0.103. The van der Waals surface area contributed by atoms with Gasteiger partial charge in [0.15, 0.2) is 5.69 Å². The van der Waals surface area contributed by atoms with E-state index in [4.69, 9.17) is 21.1 Å². The molecule has 0 N–H and O–H groups in total. The lowest BCUT2D eigenvalue weighted by Crippen LogP contribution is -2.41. The predicted molar refractivity (Wildman–Crippen MR) is 210 cm³/mol. The van der Waals surface area contributed by atoms with Gasteiger partial charge < -0.3 is 19.3 Å². The highest BCUT2D eigenvalue weighted by atomic mass is 28.3. The van der Waals surface area contributed by atoms with Crippen LogP contribution in [0.15, 0.2) is 36.4 Å². The highest BCUT2D eigenvalue weighted by Crippen LogP contribution is 2.43. The lowest BCUT2D eigenvalue weighted by Gasteiger charge is -2.37. The Bertz CT molecular complexity index is 2010. The van der Waals surface area contributed by atoms with Crippen LogP contribution < -0.4 is 0 Å². The fraction of sp³-hybridized carbons (Fsp3) is 0.500. The van der Waals surface area contributed by atoms with Gasteiger partial charge in [0.1, 0.15) is 23.8 Å². The van der Waals surface area contributed by atoms with Gasteiger partial charge in [-0.1, -0.05) is 31.8 Å². The first-order valence-corrected chi connectivity index (χ1v) is 22.3. The van der Waals surface area contributed by atoms with E-state index in [2.05, 4.69) is 55.5 Å². The van der Waals surface area contributed by atoms with Crippen LogP contribution in [0.5, 0.6) is 0 Å². The molecule has 1 aromatic heterocycles. The molecule has 3 aromatic carbocycles. The Labute approximate surface area is 309 Å². The minimum atomic E-state index is -1.29. The van der Waals surface area contributed by atoms with Gasteiger partial charge in [-0.3, -0.25) is 0 Å². The van der Waals surface area contributed by atoms with Crippen molar-refractivity contribution in [1.29, 1.82) is 0 Å². The third-order valence-electron chi connectivity index (χ3n) is 10.3. The van der Waals surface area contributed by atoms with E-state index in [-0.39, 0.29) is 18.9 Å². The van der Waals surface area contributed by atoms with E-state index in [0.29, 0.717) is 35.5 Å². The number of carbonyl (C=O) groups excluding carboxylic acids is 1. The number of halogens is 1. The summed E-state index contributed by atoms with van der Waals surface area (Å²) < 4.78 is 30.4. The SMILES string of the molecule is [C-]#[N+]c1cc2c(cc1-c1c(C)cc(C3CCCCN3C(=O)OC(C)(C)C)cc1F)c(-c1cc(C)c3c(c1)CN(C)CC3)nn2COCC[Si](C)(C)C. The lowest BCUT2D eigenvalue weighted by molar-refractivity contribution is 0.00946. The lowest BCUT2D eigenvalue weighted by atomic mass is 9.89. The minimum Gasteiger partial charge on any atom is -0.444 e. The molecule has 2 aliphatic heterocycles.